The van der Waals surface area contributed by atoms with Crippen LogP contribution in [0.3, 0.4) is 0 Å². The van der Waals surface area contributed by atoms with E-state index in [-0.39, 0.29) is 0 Å². The molecule has 1 aromatic heterocycles. The highest BCUT2D eigenvalue weighted by Crippen LogP contribution is 2.22. The van der Waals surface area contributed by atoms with Crippen LogP contribution in [0.4, 0.5) is 0 Å². The monoisotopic (exact) mass is 291 g/mol. The molecule has 0 saturated carbocycles. The molecule has 0 fully saturated rings. The van der Waals surface area contributed by atoms with Crippen molar-refractivity contribution in [3.8, 4) is 0 Å². The van der Waals surface area contributed by atoms with E-state index in [2.05, 4.69) is 39.1 Å². The molecule has 5 heteroatoms. The van der Waals surface area contributed by atoms with Gasteiger partial charge in [-0.2, -0.15) is 0 Å². The largest absolute Gasteiger partial charge is 0.383 e. The summed E-state index contributed by atoms with van der Waals surface area (Å²) in [5.41, 5.74) is 1.29. The molecule has 0 aliphatic carbocycles. The van der Waals surface area contributed by atoms with Crippen molar-refractivity contribution in [1.82, 2.24) is 14.9 Å². The van der Waals surface area contributed by atoms with Gasteiger partial charge in [0.15, 0.2) is 0 Å². The third-order valence-electron chi connectivity index (χ3n) is 3.02. The number of hydrogen-bond acceptors (Lipinski definition) is 4. The number of rotatable bonds is 8. The Balaban J connectivity index is 1.78. The number of aryl methyl sites for hydroxylation is 1. The van der Waals surface area contributed by atoms with Crippen molar-refractivity contribution < 1.29 is 4.74 Å². The van der Waals surface area contributed by atoms with Crippen LogP contribution < -0.4 is 5.32 Å². The highest BCUT2D eigenvalue weighted by atomic mass is 32.2. The number of thioether (sulfide) groups is 1. The second-order valence-electron chi connectivity index (χ2n) is 4.56. The molecule has 4 nitrogen and oxygen atoms in total. The van der Waals surface area contributed by atoms with Gasteiger partial charge >= 0.3 is 0 Å². The normalized spacial score (nSPS) is 10.9. The Morgan fingerprint density at radius 1 is 1.30 bits per heavy atom. The van der Waals surface area contributed by atoms with E-state index in [1.165, 1.54) is 10.5 Å². The van der Waals surface area contributed by atoms with E-state index >= 15 is 0 Å². The molecule has 1 N–H and O–H groups in total. The van der Waals surface area contributed by atoms with Gasteiger partial charge in [-0.05, 0) is 17.7 Å². The molecule has 2 aromatic rings. The standard InChI is InChI=1S/C15H21N3OS/c1-18-9-7-17-15(18)12-20-14-5-3-13(4-6-14)11-16-8-10-19-2/h3-7,9,16H,8,10-12H2,1-2H3. The Hall–Kier alpha value is -1.30. The van der Waals surface area contributed by atoms with Crippen LogP contribution in [0, 0.1) is 0 Å². The number of methoxy groups -OCH3 is 1. The number of ether oxygens (including phenoxy) is 1. The van der Waals surface area contributed by atoms with Gasteiger partial charge < -0.3 is 14.6 Å². The maximum atomic E-state index is 5.00. The molecule has 0 saturated heterocycles. The van der Waals surface area contributed by atoms with E-state index in [0.29, 0.717) is 0 Å². The van der Waals surface area contributed by atoms with Crippen LogP contribution in [-0.2, 0) is 24.1 Å². The average Bonchev–Trinajstić information content (AvgIpc) is 2.88. The molecule has 1 heterocycles. The summed E-state index contributed by atoms with van der Waals surface area (Å²) >= 11 is 1.81. The Bertz CT molecular complexity index is 510. The molecule has 0 radical (unpaired) electrons. The predicted octanol–water partition coefficient (Wildman–Crippen LogP) is 2.45. The van der Waals surface area contributed by atoms with Gasteiger partial charge in [0.2, 0.25) is 0 Å². The molecule has 20 heavy (non-hydrogen) atoms. The smallest absolute Gasteiger partial charge is 0.118 e. The van der Waals surface area contributed by atoms with Gasteiger partial charge in [0.05, 0.1) is 12.4 Å². The molecular weight excluding hydrogens is 270 g/mol. The predicted molar refractivity (Wildman–Crippen MR) is 82.8 cm³/mol. The van der Waals surface area contributed by atoms with Crippen LogP contribution >= 0.6 is 11.8 Å². The van der Waals surface area contributed by atoms with Crippen LogP contribution in [0.25, 0.3) is 0 Å². The quantitative estimate of drug-likeness (QED) is 0.599. The Kier molecular flexibility index (Phi) is 6.11. The summed E-state index contributed by atoms with van der Waals surface area (Å²) in [7, 11) is 3.74. The summed E-state index contributed by atoms with van der Waals surface area (Å²) in [6, 6.07) is 8.67. The number of hydrogen-bond donors (Lipinski definition) is 1. The lowest BCUT2D eigenvalue weighted by Gasteiger charge is -2.06. The highest BCUT2D eigenvalue weighted by molar-refractivity contribution is 7.98. The number of nitrogens with one attached hydrogen (secondary N) is 1. The van der Waals surface area contributed by atoms with Crippen LogP contribution in [0.5, 0.6) is 0 Å². The van der Waals surface area contributed by atoms with Crippen molar-refractivity contribution >= 4 is 11.8 Å². The molecule has 0 aliphatic rings. The van der Waals surface area contributed by atoms with E-state index < -0.39 is 0 Å². The molecule has 0 aliphatic heterocycles. The van der Waals surface area contributed by atoms with E-state index in [1.54, 1.807) is 7.11 Å². The topological polar surface area (TPSA) is 39.1 Å². The molecule has 2 rings (SSSR count). The summed E-state index contributed by atoms with van der Waals surface area (Å²) in [5.74, 6) is 2.00. The van der Waals surface area contributed by atoms with Crippen LogP contribution in [0.2, 0.25) is 0 Å². The van der Waals surface area contributed by atoms with Gasteiger partial charge in [-0.15, -0.1) is 11.8 Å². The van der Waals surface area contributed by atoms with Crippen LogP contribution in [-0.4, -0.2) is 29.8 Å². The maximum absolute atomic E-state index is 5.00. The lowest BCUT2D eigenvalue weighted by atomic mass is 10.2. The third-order valence-corrected chi connectivity index (χ3v) is 4.03. The zero-order valence-corrected chi connectivity index (χ0v) is 12.8. The third kappa shape index (κ3) is 4.67. The second-order valence-corrected chi connectivity index (χ2v) is 5.61. The van der Waals surface area contributed by atoms with Crippen LogP contribution in [0.15, 0.2) is 41.6 Å². The number of nitrogens with zero attached hydrogens (tertiary/aromatic N) is 2. The van der Waals surface area contributed by atoms with Crippen LogP contribution in [0.1, 0.15) is 11.4 Å². The maximum Gasteiger partial charge on any atom is 0.118 e. The molecule has 1 aromatic carbocycles. The van der Waals surface area contributed by atoms with E-state index in [4.69, 9.17) is 4.74 Å². The van der Waals surface area contributed by atoms with Crippen molar-refractivity contribution in [1.29, 1.82) is 0 Å². The van der Waals surface area contributed by atoms with Gasteiger partial charge in [-0.25, -0.2) is 4.98 Å². The second kappa shape index (κ2) is 8.09. The number of imidazole rings is 1. The van der Waals surface area contributed by atoms with Gasteiger partial charge in [-0.3, -0.25) is 0 Å². The highest BCUT2D eigenvalue weighted by Gasteiger charge is 2.01. The SMILES string of the molecule is COCCNCc1ccc(SCc2nccn2C)cc1. The Morgan fingerprint density at radius 3 is 2.75 bits per heavy atom. The Labute approximate surface area is 124 Å². The molecule has 108 valence electrons. The zero-order chi connectivity index (χ0) is 14.2. The minimum Gasteiger partial charge on any atom is -0.383 e. The fourth-order valence-electron chi connectivity index (χ4n) is 1.79. The number of benzene rings is 1. The molecule has 0 unspecified atom stereocenters. The van der Waals surface area contributed by atoms with Gasteiger partial charge in [0.1, 0.15) is 5.82 Å². The molecule has 0 spiro atoms. The molecule has 0 atom stereocenters. The summed E-state index contributed by atoms with van der Waals surface area (Å²) in [6.45, 7) is 2.51. The summed E-state index contributed by atoms with van der Waals surface area (Å²) in [4.78, 5) is 5.60. The van der Waals surface area contributed by atoms with E-state index in [9.17, 15) is 0 Å². The van der Waals surface area contributed by atoms with Gasteiger partial charge in [-0.1, -0.05) is 12.1 Å². The molecular formula is C15H21N3OS. The van der Waals surface area contributed by atoms with E-state index in [0.717, 1.165) is 31.3 Å². The molecule has 0 amide bonds. The zero-order valence-electron chi connectivity index (χ0n) is 12.0. The minimum absolute atomic E-state index is 0.748. The van der Waals surface area contributed by atoms with Crippen molar-refractivity contribution in [2.24, 2.45) is 7.05 Å². The fourth-order valence-corrected chi connectivity index (χ4v) is 2.70. The van der Waals surface area contributed by atoms with Gasteiger partial charge in [0, 0.05) is 44.5 Å². The lowest BCUT2D eigenvalue weighted by Crippen LogP contribution is -2.18. The average molecular weight is 291 g/mol. The summed E-state index contributed by atoms with van der Waals surface area (Å²) < 4.78 is 7.06. The van der Waals surface area contributed by atoms with E-state index in [1.807, 2.05) is 31.2 Å². The van der Waals surface area contributed by atoms with Crippen molar-refractivity contribution in [3.63, 3.8) is 0 Å². The summed E-state index contributed by atoms with van der Waals surface area (Å²) in [6.07, 6.45) is 3.81. The van der Waals surface area contributed by atoms with Crippen molar-refractivity contribution in [2.75, 3.05) is 20.3 Å². The van der Waals surface area contributed by atoms with Gasteiger partial charge in [0.25, 0.3) is 0 Å². The number of aromatic nitrogens is 2. The lowest BCUT2D eigenvalue weighted by molar-refractivity contribution is 0.199. The first-order valence-electron chi connectivity index (χ1n) is 6.67. The van der Waals surface area contributed by atoms with Crippen molar-refractivity contribution in [3.05, 3.63) is 48.0 Å². The first-order chi connectivity index (χ1) is 9.79. The molecule has 0 bridgehead atoms. The summed E-state index contributed by atoms with van der Waals surface area (Å²) in [5, 5.41) is 3.34. The minimum atomic E-state index is 0.748. The fraction of sp³-hybridized carbons (Fsp3) is 0.400. The first-order valence-corrected chi connectivity index (χ1v) is 7.66. The first kappa shape index (κ1) is 15.1. The Morgan fingerprint density at radius 2 is 2.10 bits per heavy atom. The van der Waals surface area contributed by atoms with Crippen molar-refractivity contribution in [2.45, 2.75) is 17.2 Å².